The Kier molecular flexibility index (Phi) is 10.8. The van der Waals surface area contributed by atoms with Crippen LogP contribution in [-0.4, -0.2) is 5.97 Å². The minimum atomic E-state index is -1.16. The second-order valence-electron chi connectivity index (χ2n) is 5.99. The summed E-state index contributed by atoms with van der Waals surface area (Å²) in [5.41, 5.74) is 4.78. The summed E-state index contributed by atoms with van der Waals surface area (Å²) in [6.07, 6.45) is 15.7. The summed E-state index contributed by atoms with van der Waals surface area (Å²) in [4.78, 5) is 10.4. The summed E-state index contributed by atoms with van der Waals surface area (Å²) in [6.45, 7) is 10.3. The van der Waals surface area contributed by atoms with E-state index in [0.29, 0.717) is 5.57 Å². The molecule has 0 fully saturated rings. The first-order valence-electron chi connectivity index (χ1n) is 7.83. The first kappa shape index (κ1) is 20.2. The summed E-state index contributed by atoms with van der Waals surface area (Å²) in [6, 6.07) is 0. The summed E-state index contributed by atoms with van der Waals surface area (Å²) >= 11 is 0. The van der Waals surface area contributed by atoms with Crippen LogP contribution in [-0.2, 0) is 4.79 Å². The Hall–Kier alpha value is -1.83. The molecule has 2 heteroatoms. The van der Waals surface area contributed by atoms with Crippen LogP contribution >= 0.6 is 0 Å². The van der Waals surface area contributed by atoms with Gasteiger partial charge in [-0.15, -0.1) is 0 Å². The molecule has 0 aliphatic rings. The summed E-state index contributed by atoms with van der Waals surface area (Å²) in [5, 5.41) is 10.4. The molecule has 0 spiro atoms. The highest BCUT2D eigenvalue weighted by atomic mass is 16.4. The van der Waals surface area contributed by atoms with Crippen molar-refractivity contribution in [1.29, 1.82) is 0 Å². The number of carbonyl (C=O) groups is 1. The lowest BCUT2D eigenvalue weighted by Crippen LogP contribution is -2.19. The van der Waals surface area contributed by atoms with E-state index in [2.05, 4.69) is 39.8 Å². The second kappa shape index (κ2) is 11.8. The van der Waals surface area contributed by atoms with Crippen molar-refractivity contribution in [3.63, 3.8) is 0 Å². The number of carboxylic acid groups (broad SMARTS) is 1. The topological polar surface area (TPSA) is 40.1 Å². The predicted octanol–water partition coefficient (Wildman–Crippen LogP) is 4.66. The highest BCUT2D eigenvalue weighted by molar-refractivity contribution is 5.79. The monoisotopic (exact) mass is 301 g/mol. The molecule has 0 aromatic rings. The van der Waals surface area contributed by atoms with Crippen molar-refractivity contribution >= 4 is 5.97 Å². The van der Waals surface area contributed by atoms with Crippen LogP contribution in [0.1, 0.15) is 60.3 Å². The lowest BCUT2D eigenvalue weighted by Gasteiger charge is -2.00. The smallest absolute Gasteiger partial charge is 0.0645 e. The molecule has 0 aliphatic carbocycles. The highest BCUT2D eigenvalue weighted by Crippen LogP contribution is 2.11. The van der Waals surface area contributed by atoms with E-state index in [4.69, 9.17) is 0 Å². The molecule has 0 saturated carbocycles. The average Bonchev–Trinajstić information content (AvgIpc) is 2.37. The van der Waals surface area contributed by atoms with E-state index in [0.717, 1.165) is 31.8 Å². The van der Waals surface area contributed by atoms with Crippen molar-refractivity contribution in [3.05, 3.63) is 58.7 Å². The standard InChI is InChI=1S/C20H30O2/c1-16(2)9-6-10-17(3)11-7-12-18(4)13-8-14-19(5)15-20(21)22/h8-9,11,13-15H,6-7,10,12H2,1-5H3,(H,21,22)/p-1/b14-8+,17-11+,18-13+,19-15+. The normalized spacial score (nSPS) is 13.6. The van der Waals surface area contributed by atoms with Gasteiger partial charge in [-0.05, 0) is 72.0 Å². The van der Waals surface area contributed by atoms with Gasteiger partial charge in [0.15, 0.2) is 0 Å². The largest absolute Gasteiger partial charge is 0.545 e. The first-order valence-corrected chi connectivity index (χ1v) is 7.83. The van der Waals surface area contributed by atoms with Gasteiger partial charge in [0.2, 0.25) is 0 Å². The molecule has 0 amide bonds. The van der Waals surface area contributed by atoms with Crippen LogP contribution in [0.5, 0.6) is 0 Å². The zero-order valence-electron chi connectivity index (χ0n) is 14.6. The number of hydrogen-bond donors (Lipinski definition) is 0. The minimum absolute atomic E-state index is 0.680. The molecule has 0 radical (unpaired) electrons. The molecule has 0 aromatic carbocycles. The van der Waals surface area contributed by atoms with Gasteiger partial charge in [0.05, 0.1) is 5.97 Å². The molecular weight excluding hydrogens is 272 g/mol. The fourth-order valence-electron chi connectivity index (χ4n) is 1.92. The Bertz CT molecular complexity index is 496. The van der Waals surface area contributed by atoms with Gasteiger partial charge in [0.25, 0.3) is 0 Å². The van der Waals surface area contributed by atoms with Crippen molar-refractivity contribution in [2.24, 2.45) is 0 Å². The van der Waals surface area contributed by atoms with Crippen LogP contribution < -0.4 is 5.11 Å². The predicted molar refractivity (Wildman–Crippen MR) is 93.3 cm³/mol. The van der Waals surface area contributed by atoms with Crippen LogP contribution in [0, 0.1) is 0 Å². The zero-order chi connectivity index (χ0) is 17.0. The van der Waals surface area contributed by atoms with Crippen LogP contribution in [0.2, 0.25) is 0 Å². The molecule has 0 bridgehead atoms. The third-order valence-electron chi connectivity index (χ3n) is 3.21. The second-order valence-corrected chi connectivity index (χ2v) is 5.99. The number of allylic oxidation sites excluding steroid dienone is 9. The summed E-state index contributed by atoms with van der Waals surface area (Å²) in [7, 11) is 0. The number of aliphatic carboxylic acids is 1. The number of hydrogen-bond acceptors (Lipinski definition) is 2. The molecular formula is C20H29O2-. The Labute approximate surface area is 135 Å². The zero-order valence-corrected chi connectivity index (χ0v) is 14.6. The van der Waals surface area contributed by atoms with Crippen molar-refractivity contribution in [2.45, 2.75) is 60.3 Å². The fourth-order valence-corrected chi connectivity index (χ4v) is 1.92. The van der Waals surface area contributed by atoms with Gasteiger partial charge < -0.3 is 9.90 Å². The lowest BCUT2D eigenvalue weighted by atomic mass is 10.1. The van der Waals surface area contributed by atoms with Gasteiger partial charge in [-0.2, -0.15) is 0 Å². The maximum absolute atomic E-state index is 10.4. The van der Waals surface area contributed by atoms with Crippen molar-refractivity contribution in [2.75, 3.05) is 0 Å². The quantitative estimate of drug-likeness (QED) is 0.353. The van der Waals surface area contributed by atoms with E-state index in [1.54, 1.807) is 13.0 Å². The number of carboxylic acids is 1. The molecule has 0 aliphatic heterocycles. The van der Waals surface area contributed by atoms with Gasteiger partial charge in [0.1, 0.15) is 0 Å². The third-order valence-corrected chi connectivity index (χ3v) is 3.21. The SMILES string of the molecule is CC(C)=CCC/C(C)=C/CC/C(C)=C/C=C/C(C)=C/C(=O)[O-]. The van der Waals surface area contributed by atoms with Crippen LogP contribution in [0.4, 0.5) is 0 Å². The van der Waals surface area contributed by atoms with E-state index >= 15 is 0 Å². The maximum atomic E-state index is 10.4. The molecule has 0 heterocycles. The molecule has 2 nitrogen and oxygen atoms in total. The summed E-state index contributed by atoms with van der Waals surface area (Å²) < 4.78 is 0. The van der Waals surface area contributed by atoms with Crippen LogP contribution in [0.25, 0.3) is 0 Å². The molecule has 0 rings (SSSR count). The Morgan fingerprint density at radius 2 is 1.50 bits per heavy atom. The molecule has 22 heavy (non-hydrogen) atoms. The number of carbonyl (C=O) groups excluding carboxylic acids is 1. The van der Waals surface area contributed by atoms with E-state index in [9.17, 15) is 9.90 Å². The van der Waals surface area contributed by atoms with Gasteiger partial charge in [-0.25, -0.2) is 0 Å². The third kappa shape index (κ3) is 13.2. The lowest BCUT2D eigenvalue weighted by molar-refractivity contribution is -0.297. The Morgan fingerprint density at radius 3 is 2.09 bits per heavy atom. The van der Waals surface area contributed by atoms with Gasteiger partial charge in [-0.3, -0.25) is 0 Å². The van der Waals surface area contributed by atoms with Gasteiger partial charge in [0, 0.05) is 0 Å². The van der Waals surface area contributed by atoms with E-state index in [1.807, 2.05) is 12.2 Å². The minimum Gasteiger partial charge on any atom is -0.545 e. The molecule has 0 N–H and O–H groups in total. The Morgan fingerprint density at radius 1 is 0.909 bits per heavy atom. The molecule has 0 saturated heterocycles. The van der Waals surface area contributed by atoms with Crippen molar-refractivity contribution < 1.29 is 9.90 Å². The van der Waals surface area contributed by atoms with Gasteiger partial charge >= 0.3 is 0 Å². The van der Waals surface area contributed by atoms with Crippen LogP contribution in [0.15, 0.2) is 58.7 Å². The van der Waals surface area contributed by atoms with E-state index in [-0.39, 0.29) is 0 Å². The van der Waals surface area contributed by atoms with E-state index < -0.39 is 5.97 Å². The van der Waals surface area contributed by atoms with Crippen LogP contribution in [0.3, 0.4) is 0 Å². The number of rotatable bonds is 9. The molecule has 0 atom stereocenters. The highest BCUT2D eigenvalue weighted by Gasteiger charge is 1.91. The maximum Gasteiger partial charge on any atom is 0.0645 e. The molecule has 0 aromatic heterocycles. The fraction of sp³-hybridized carbons (Fsp3) is 0.450. The average molecular weight is 301 g/mol. The molecule has 0 unspecified atom stereocenters. The first-order chi connectivity index (χ1) is 10.3. The summed E-state index contributed by atoms with van der Waals surface area (Å²) in [5.74, 6) is -1.16. The molecule has 122 valence electrons. The van der Waals surface area contributed by atoms with Gasteiger partial charge in [-0.1, -0.05) is 47.1 Å². The Balaban J connectivity index is 4.19. The van der Waals surface area contributed by atoms with Crippen molar-refractivity contribution in [1.82, 2.24) is 0 Å². The van der Waals surface area contributed by atoms with Crippen molar-refractivity contribution in [3.8, 4) is 0 Å². The van der Waals surface area contributed by atoms with E-state index in [1.165, 1.54) is 16.7 Å².